The van der Waals surface area contributed by atoms with Gasteiger partial charge in [-0.15, -0.1) is 6.58 Å². The number of carboxylic acid groups (broad SMARTS) is 1. The third-order valence-electron chi connectivity index (χ3n) is 2.68. The van der Waals surface area contributed by atoms with Crippen LogP contribution < -0.4 is 4.90 Å². The van der Waals surface area contributed by atoms with Gasteiger partial charge in [0.1, 0.15) is 5.69 Å². The fourth-order valence-corrected chi connectivity index (χ4v) is 1.77. The van der Waals surface area contributed by atoms with Gasteiger partial charge in [0.25, 0.3) is 5.69 Å². The second-order valence-corrected chi connectivity index (χ2v) is 4.30. The van der Waals surface area contributed by atoms with Crippen molar-refractivity contribution in [3.8, 4) is 0 Å². The van der Waals surface area contributed by atoms with Crippen LogP contribution in [-0.2, 0) is 0 Å². The van der Waals surface area contributed by atoms with E-state index in [9.17, 15) is 14.9 Å². The molecule has 19 heavy (non-hydrogen) atoms. The predicted octanol–water partition coefficient (Wildman–Crippen LogP) is 2.69. The largest absolute Gasteiger partial charge is 0.478 e. The highest BCUT2D eigenvalue weighted by atomic mass is 16.6. The van der Waals surface area contributed by atoms with Gasteiger partial charge in [0.05, 0.1) is 10.5 Å². The summed E-state index contributed by atoms with van der Waals surface area (Å²) in [6.45, 7) is 7.77. The smallest absolute Gasteiger partial charge is 0.335 e. The zero-order valence-corrected chi connectivity index (χ0v) is 10.9. The molecule has 102 valence electrons. The molecule has 0 amide bonds. The third-order valence-corrected chi connectivity index (χ3v) is 2.68. The van der Waals surface area contributed by atoms with Crippen LogP contribution in [0.4, 0.5) is 11.4 Å². The van der Waals surface area contributed by atoms with Gasteiger partial charge in [0.15, 0.2) is 0 Å². The summed E-state index contributed by atoms with van der Waals surface area (Å²) in [5, 5.41) is 20.0. The lowest BCUT2D eigenvalue weighted by molar-refractivity contribution is -0.384. The second-order valence-electron chi connectivity index (χ2n) is 4.30. The summed E-state index contributed by atoms with van der Waals surface area (Å²) in [6, 6.07) is 3.76. The molecule has 0 heterocycles. The van der Waals surface area contributed by atoms with Crippen LogP contribution in [0.2, 0.25) is 0 Å². The molecular formula is C13H16N2O4. The summed E-state index contributed by atoms with van der Waals surface area (Å²) < 4.78 is 0. The normalized spacial score (nSPS) is 10.3. The second kappa shape index (κ2) is 5.99. The van der Waals surface area contributed by atoms with Crippen LogP contribution in [0.3, 0.4) is 0 Å². The Morgan fingerprint density at radius 1 is 1.58 bits per heavy atom. The van der Waals surface area contributed by atoms with Crippen LogP contribution in [0.15, 0.2) is 30.9 Å². The fraction of sp³-hybridized carbons (Fsp3) is 0.308. The van der Waals surface area contributed by atoms with Gasteiger partial charge < -0.3 is 10.0 Å². The quantitative estimate of drug-likeness (QED) is 0.485. The summed E-state index contributed by atoms with van der Waals surface area (Å²) in [5.41, 5.74) is 0.204. The number of nitrogens with zero attached hydrogens (tertiary/aromatic N) is 2. The van der Waals surface area contributed by atoms with Gasteiger partial charge in [-0.3, -0.25) is 10.1 Å². The molecule has 1 aromatic carbocycles. The molecule has 0 aliphatic heterocycles. The number of benzene rings is 1. The van der Waals surface area contributed by atoms with E-state index in [1.165, 1.54) is 18.2 Å². The lowest BCUT2D eigenvalue weighted by Crippen LogP contribution is -2.31. The molecule has 0 spiro atoms. The highest BCUT2D eigenvalue weighted by Gasteiger charge is 2.22. The Balaban J connectivity index is 3.41. The van der Waals surface area contributed by atoms with Crippen LogP contribution >= 0.6 is 0 Å². The molecule has 0 aliphatic carbocycles. The number of carboxylic acids is 1. The number of aromatic carboxylic acids is 1. The number of rotatable bonds is 6. The molecule has 0 radical (unpaired) electrons. The Morgan fingerprint density at radius 2 is 2.21 bits per heavy atom. The van der Waals surface area contributed by atoms with E-state index in [0.717, 1.165) is 0 Å². The van der Waals surface area contributed by atoms with Crippen LogP contribution in [0.5, 0.6) is 0 Å². The monoisotopic (exact) mass is 264 g/mol. The molecule has 1 aromatic rings. The first-order valence-electron chi connectivity index (χ1n) is 5.77. The van der Waals surface area contributed by atoms with E-state index < -0.39 is 10.9 Å². The van der Waals surface area contributed by atoms with E-state index in [-0.39, 0.29) is 17.3 Å². The molecule has 0 unspecified atom stereocenters. The number of hydrogen-bond donors (Lipinski definition) is 1. The van der Waals surface area contributed by atoms with E-state index in [1.54, 1.807) is 11.0 Å². The van der Waals surface area contributed by atoms with Crippen LogP contribution in [0.1, 0.15) is 24.2 Å². The summed E-state index contributed by atoms with van der Waals surface area (Å²) in [4.78, 5) is 23.2. The molecule has 0 fully saturated rings. The molecule has 0 aromatic heterocycles. The van der Waals surface area contributed by atoms with Crippen LogP contribution in [-0.4, -0.2) is 28.6 Å². The number of nitro groups is 1. The van der Waals surface area contributed by atoms with Crippen LogP contribution in [0, 0.1) is 10.1 Å². The molecule has 0 saturated heterocycles. The molecule has 1 N–H and O–H groups in total. The highest BCUT2D eigenvalue weighted by Crippen LogP contribution is 2.30. The minimum Gasteiger partial charge on any atom is -0.478 e. The topological polar surface area (TPSA) is 83.7 Å². The zero-order chi connectivity index (χ0) is 14.6. The third kappa shape index (κ3) is 3.31. The first-order chi connectivity index (χ1) is 8.88. The first kappa shape index (κ1) is 14.7. The van der Waals surface area contributed by atoms with Crippen molar-refractivity contribution >= 4 is 17.3 Å². The summed E-state index contributed by atoms with van der Waals surface area (Å²) in [6.07, 6.45) is 1.62. The van der Waals surface area contributed by atoms with Gasteiger partial charge in [0.2, 0.25) is 0 Å². The van der Waals surface area contributed by atoms with Gasteiger partial charge in [-0.25, -0.2) is 4.79 Å². The molecule has 6 heteroatoms. The van der Waals surface area contributed by atoms with Crippen molar-refractivity contribution in [1.29, 1.82) is 0 Å². The van der Waals surface area contributed by atoms with Crippen molar-refractivity contribution in [2.45, 2.75) is 19.9 Å². The summed E-state index contributed by atoms with van der Waals surface area (Å²) >= 11 is 0. The van der Waals surface area contributed by atoms with Crippen molar-refractivity contribution < 1.29 is 14.8 Å². The Bertz CT molecular complexity index is 511. The molecule has 0 bridgehead atoms. The van der Waals surface area contributed by atoms with Gasteiger partial charge >= 0.3 is 5.97 Å². The number of nitro benzene ring substituents is 1. The average molecular weight is 264 g/mol. The summed E-state index contributed by atoms with van der Waals surface area (Å²) in [5.74, 6) is -1.11. The standard InChI is InChI=1S/C13H16N2O4/c1-4-7-14(9(2)3)12-8-10(13(16)17)5-6-11(12)15(18)19/h4-6,8-9H,1,7H2,2-3H3,(H,16,17). The minimum absolute atomic E-state index is 0.0132. The molecule has 0 atom stereocenters. The fourth-order valence-electron chi connectivity index (χ4n) is 1.77. The Hall–Kier alpha value is -2.37. The maximum Gasteiger partial charge on any atom is 0.335 e. The predicted molar refractivity (Wildman–Crippen MR) is 72.7 cm³/mol. The molecule has 0 saturated carbocycles. The van der Waals surface area contributed by atoms with Gasteiger partial charge in [-0.05, 0) is 26.0 Å². The lowest BCUT2D eigenvalue weighted by atomic mass is 10.1. The maximum absolute atomic E-state index is 11.0. The van der Waals surface area contributed by atoms with Crippen molar-refractivity contribution in [2.24, 2.45) is 0 Å². The highest BCUT2D eigenvalue weighted by molar-refractivity contribution is 5.90. The maximum atomic E-state index is 11.0. The Kier molecular flexibility index (Phi) is 4.63. The Labute approximate surface area is 111 Å². The summed E-state index contributed by atoms with van der Waals surface area (Å²) in [7, 11) is 0. The SMILES string of the molecule is C=CCN(c1cc(C(=O)O)ccc1[N+](=O)[O-])C(C)C. The van der Waals surface area contributed by atoms with E-state index in [4.69, 9.17) is 5.11 Å². The molecule has 0 aliphatic rings. The zero-order valence-electron chi connectivity index (χ0n) is 10.9. The van der Waals surface area contributed by atoms with E-state index in [1.807, 2.05) is 13.8 Å². The Morgan fingerprint density at radius 3 is 2.63 bits per heavy atom. The average Bonchev–Trinajstić information content (AvgIpc) is 2.34. The van der Waals surface area contributed by atoms with E-state index in [0.29, 0.717) is 12.2 Å². The number of anilines is 1. The molecule has 1 rings (SSSR count). The van der Waals surface area contributed by atoms with Crippen molar-refractivity contribution in [3.05, 3.63) is 46.5 Å². The van der Waals surface area contributed by atoms with Gasteiger partial charge in [-0.1, -0.05) is 6.08 Å². The number of hydrogen-bond acceptors (Lipinski definition) is 4. The van der Waals surface area contributed by atoms with Crippen molar-refractivity contribution in [1.82, 2.24) is 0 Å². The molecular weight excluding hydrogens is 248 g/mol. The van der Waals surface area contributed by atoms with E-state index in [2.05, 4.69) is 6.58 Å². The van der Waals surface area contributed by atoms with Crippen molar-refractivity contribution in [2.75, 3.05) is 11.4 Å². The minimum atomic E-state index is -1.11. The van der Waals surface area contributed by atoms with Gasteiger partial charge in [-0.2, -0.15) is 0 Å². The van der Waals surface area contributed by atoms with Crippen LogP contribution in [0.25, 0.3) is 0 Å². The van der Waals surface area contributed by atoms with Gasteiger partial charge in [0, 0.05) is 18.7 Å². The van der Waals surface area contributed by atoms with Crippen molar-refractivity contribution in [3.63, 3.8) is 0 Å². The number of carbonyl (C=O) groups is 1. The first-order valence-corrected chi connectivity index (χ1v) is 5.77. The lowest BCUT2D eigenvalue weighted by Gasteiger charge is -2.27. The van der Waals surface area contributed by atoms with E-state index >= 15 is 0 Å². The molecule has 6 nitrogen and oxygen atoms in total.